The monoisotopic (exact) mass is 587 g/mol. The maximum atomic E-state index is 12.6. The molecule has 1 aromatic heterocycles. The molecule has 0 fully saturated rings. The van der Waals surface area contributed by atoms with Gasteiger partial charge in [-0.15, -0.1) is 10.2 Å². The average Bonchev–Trinajstić information content (AvgIpc) is 3.40. The number of carbonyl (C=O) groups excluding carboxylic acids is 2. The standard InChI is InChI=1S/C31H33N5O5S/c1-20(37)41-26-16-7-21(17-27(26)40-6)18-32-33-28(38)19-42-30-35-34-29(22-8-10-23(11-9-22)31(2,3)4)36(30)24-12-14-25(39-5)15-13-24/h7-18H,19H2,1-6H3,(H,33,38)/b32-18+. The van der Waals surface area contributed by atoms with Crippen molar-refractivity contribution in [1.82, 2.24) is 20.2 Å². The highest BCUT2D eigenvalue weighted by Crippen LogP contribution is 2.31. The van der Waals surface area contributed by atoms with Crippen molar-refractivity contribution in [3.05, 3.63) is 77.9 Å². The van der Waals surface area contributed by atoms with Crippen LogP contribution in [0.3, 0.4) is 0 Å². The van der Waals surface area contributed by atoms with E-state index in [4.69, 9.17) is 14.2 Å². The SMILES string of the molecule is COc1ccc(-n2c(SCC(=O)N/N=C/c3ccc(OC(C)=O)c(OC)c3)nnc2-c2ccc(C(C)(C)C)cc2)cc1. The highest BCUT2D eigenvalue weighted by atomic mass is 32.2. The first-order valence-corrected chi connectivity index (χ1v) is 14.1. The van der Waals surface area contributed by atoms with Gasteiger partial charge in [0.15, 0.2) is 22.5 Å². The highest BCUT2D eigenvalue weighted by molar-refractivity contribution is 7.99. The lowest BCUT2D eigenvalue weighted by atomic mass is 9.87. The van der Waals surface area contributed by atoms with Crippen LogP contribution in [0.15, 0.2) is 77.0 Å². The first-order chi connectivity index (χ1) is 20.1. The van der Waals surface area contributed by atoms with Crippen LogP contribution in [-0.2, 0) is 15.0 Å². The molecule has 1 heterocycles. The van der Waals surface area contributed by atoms with Crippen LogP contribution in [0.25, 0.3) is 17.1 Å². The van der Waals surface area contributed by atoms with Gasteiger partial charge in [0.25, 0.3) is 5.91 Å². The number of thioether (sulfide) groups is 1. The molecule has 1 N–H and O–H groups in total. The van der Waals surface area contributed by atoms with E-state index in [2.05, 4.69) is 53.6 Å². The summed E-state index contributed by atoms with van der Waals surface area (Å²) in [6, 6.07) is 20.8. The van der Waals surface area contributed by atoms with Gasteiger partial charge in [-0.1, -0.05) is 56.8 Å². The second-order valence-electron chi connectivity index (χ2n) is 10.3. The van der Waals surface area contributed by atoms with E-state index in [9.17, 15) is 9.59 Å². The van der Waals surface area contributed by atoms with Crippen LogP contribution in [-0.4, -0.2) is 52.8 Å². The number of ether oxygens (including phenoxy) is 3. The zero-order valence-electron chi connectivity index (χ0n) is 24.4. The third-order valence-electron chi connectivity index (χ3n) is 6.15. The molecule has 11 heteroatoms. The van der Waals surface area contributed by atoms with Gasteiger partial charge in [0, 0.05) is 18.2 Å². The smallest absolute Gasteiger partial charge is 0.308 e. The number of esters is 1. The predicted octanol–water partition coefficient (Wildman–Crippen LogP) is 5.42. The van der Waals surface area contributed by atoms with Gasteiger partial charge in [0.05, 0.1) is 26.2 Å². The minimum absolute atomic E-state index is 0.0263. The van der Waals surface area contributed by atoms with Crippen LogP contribution in [0.4, 0.5) is 0 Å². The lowest BCUT2D eigenvalue weighted by Gasteiger charge is -2.19. The van der Waals surface area contributed by atoms with E-state index in [1.54, 1.807) is 25.3 Å². The number of benzene rings is 3. The summed E-state index contributed by atoms with van der Waals surface area (Å²) in [4.78, 5) is 23.9. The van der Waals surface area contributed by atoms with Gasteiger partial charge >= 0.3 is 5.97 Å². The summed E-state index contributed by atoms with van der Waals surface area (Å²) in [7, 11) is 3.09. The summed E-state index contributed by atoms with van der Waals surface area (Å²) in [5.74, 6) is 1.35. The summed E-state index contributed by atoms with van der Waals surface area (Å²) >= 11 is 1.25. The van der Waals surface area contributed by atoms with E-state index in [0.29, 0.717) is 28.0 Å². The Hall–Kier alpha value is -4.64. The fourth-order valence-electron chi connectivity index (χ4n) is 3.98. The highest BCUT2D eigenvalue weighted by Gasteiger charge is 2.19. The molecule has 4 rings (SSSR count). The van der Waals surface area contributed by atoms with Crippen LogP contribution in [0.5, 0.6) is 17.2 Å². The maximum Gasteiger partial charge on any atom is 0.308 e. The van der Waals surface area contributed by atoms with Crippen LogP contribution in [0.1, 0.15) is 38.8 Å². The lowest BCUT2D eigenvalue weighted by Crippen LogP contribution is -2.20. The van der Waals surface area contributed by atoms with Crippen molar-refractivity contribution in [1.29, 1.82) is 0 Å². The number of hydrogen-bond donors (Lipinski definition) is 1. The van der Waals surface area contributed by atoms with Crippen LogP contribution in [0, 0.1) is 0 Å². The van der Waals surface area contributed by atoms with Crippen molar-refractivity contribution < 1.29 is 23.8 Å². The molecule has 3 aromatic carbocycles. The molecule has 0 bridgehead atoms. The lowest BCUT2D eigenvalue weighted by molar-refractivity contribution is -0.132. The first-order valence-electron chi connectivity index (χ1n) is 13.1. The van der Waals surface area contributed by atoms with Gasteiger partial charge in [-0.3, -0.25) is 14.2 Å². The number of hydrazone groups is 1. The molecule has 0 aliphatic rings. The van der Waals surface area contributed by atoms with Gasteiger partial charge in [-0.05, 0) is 59.0 Å². The molecular formula is C31H33N5O5S. The van der Waals surface area contributed by atoms with Crippen molar-refractivity contribution in [3.8, 4) is 34.3 Å². The molecule has 4 aromatic rings. The summed E-state index contributed by atoms with van der Waals surface area (Å²) in [5, 5.41) is 13.5. The fourth-order valence-corrected chi connectivity index (χ4v) is 4.72. The number of nitrogens with zero attached hydrogens (tertiary/aromatic N) is 4. The number of aromatic nitrogens is 3. The molecule has 0 spiro atoms. The van der Waals surface area contributed by atoms with Gasteiger partial charge in [-0.25, -0.2) is 5.43 Å². The Bertz CT molecular complexity index is 1580. The molecule has 0 aliphatic heterocycles. The number of nitrogens with one attached hydrogen (secondary N) is 1. The van der Waals surface area contributed by atoms with Crippen molar-refractivity contribution in [2.24, 2.45) is 5.10 Å². The molecule has 1 amide bonds. The Balaban J connectivity index is 1.50. The minimum atomic E-state index is -0.451. The summed E-state index contributed by atoms with van der Waals surface area (Å²) in [6.07, 6.45) is 1.47. The fraction of sp³-hybridized carbons (Fsp3) is 0.258. The zero-order valence-corrected chi connectivity index (χ0v) is 25.2. The van der Waals surface area contributed by atoms with E-state index in [0.717, 1.165) is 17.0 Å². The van der Waals surface area contributed by atoms with Crippen molar-refractivity contribution in [2.75, 3.05) is 20.0 Å². The summed E-state index contributed by atoms with van der Waals surface area (Å²) in [6.45, 7) is 7.82. The van der Waals surface area contributed by atoms with Crippen LogP contribution >= 0.6 is 11.8 Å². The summed E-state index contributed by atoms with van der Waals surface area (Å²) < 4.78 is 17.6. The van der Waals surface area contributed by atoms with E-state index in [1.165, 1.54) is 37.6 Å². The normalized spacial score (nSPS) is 11.4. The van der Waals surface area contributed by atoms with E-state index in [-0.39, 0.29) is 17.1 Å². The second kappa shape index (κ2) is 13.3. The number of methoxy groups -OCH3 is 2. The Morgan fingerprint density at radius 3 is 2.29 bits per heavy atom. The van der Waals surface area contributed by atoms with Gasteiger partial charge in [-0.2, -0.15) is 5.10 Å². The number of carbonyl (C=O) groups is 2. The van der Waals surface area contributed by atoms with E-state index < -0.39 is 5.97 Å². The minimum Gasteiger partial charge on any atom is -0.497 e. The molecule has 218 valence electrons. The first kappa shape index (κ1) is 30.3. The van der Waals surface area contributed by atoms with Crippen LogP contribution < -0.4 is 19.6 Å². The Labute approximate surface area is 249 Å². The maximum absolute atomic E-state index is 12.6. The second-order valence-corrected chi connectivity index (χ2v) is 11.2. The Morgan fingerprint density at radius 1 is 0.952 bits per heavy atom. The topological polar surface area (TPSA) is 117 Å². The number of amides is 1. The Morgan fingerprint density at radius 2 is 1.67 bits per heavy atom. The molecular weight excluding hydrogens is 554 g/mol. The molecule has 0 saturated heterocycles. The molecule has 0 aliphatic carbocycles. The predicted molar refractivity (Wildman–Crippen MR) is 163 cm³/mol. The van der Waals surface area contributed by atoms with Crippen molar-refractivity contribution >= 4 is 29.9 Å². The van der Waals surface area contributed by atoms with Gasteiger partial charge in [0.2, 0.25) is 0 Å². The Kier molecular flexibility index (Phi) is 9.64. The number of rotatable bonds is 10. The molecule has 42 heavy (non-hydrogen) atoms. The quantitative estimate of drug-likeness (QED) is 0.0860. The third kappa shape index (κ3) is 7.55. The van der Waals surface area contributed by atoms with Gasteiger partial charge in [0.1, 0.15) is 5.75 Å². The molecule has 10 nitrogen and oxygen atoms in total. The number of hydrogen-bond acceptors (Lipinski definition) is 9. The zero-order chi connectivity index (χ0) is 30.3. The van der Waals surface area contributed by atoms with Gasteiger partial charge < -0.3 is 14.2 Å². The molecule has 0 atom stereocenters. The van der Waals surface area contributed by atoms with E-state index >= 15 is 0 Å². The largest absolute Gasteiger partial charge is 0.497 e. The summed E-state index contributed by atoms with van der Waals surface area (Å²) in [5.41, 5.74) is 6.16. The molecule has 0 unspecified atom stereocenters. The molecule has 0 radical (unpaired) electrons. The third-order valence-corrected chi connectivity index (χ3v) is 7.08. The molecule has 0 saturated carbocycles. The van der Waals surface area contributed by atoms with Crippen LogP contribution in [0.2, 0.25) is 0 Å². The van der Waals surface area contributed by atoms with Crippen molar-refractivity contribution in [3.63, 3.8) is 0 Å². The van der Waals surface area contributed by atoms with Crippen molar-refractivity contribution in [2.45, 2.75) is 38.3 Å². The average molecular weight is 588 g/mol. The van der Waals surface area contributed by atoms with E-state index in [1.807, 2.05) is 41.0 Å².